The van der Waals surface area contributed by atoms with E-state index in [4.69, 9.17) is 4.52 Å². The monoisotopic (exact) mass is 223 g/mol. The van der Waals surface area contributed by atoms with Crippen molar-refractivity contribution >= 4 is 14.6 Å². The molecule has 0 N–H and O–H groups in total. The molecule has 0 aromatic rings. The minimum atomic E-state index is -1.20. The van der Waals surface area contributed by atoms with E-state index in [0.717, 1.165) is 0 Å². The summed E-state index contributed by atoms with van der Waals surface area (Å²) in [5.74, 6) is 0. The normalized spacial score (nSPS) is 14.0. The van der Waals surface area contributed by atoms with Gasteiger partial charge in [-0.25, -0.2) is 0 Å². The van der Waals surface area contributed by atoms with Gasteiger partial charge in [-0.1, -0.05) is 0 Å². The molecule has 80 valence electrons. The van der Waals surface area contributed by atoms with Crippen LogP contribution in [0.4, 0.5) is 0 Å². The van der Waals surface area contributed by atoms with E-state index in [-0.39, 0.29) is 0 Å². The first-order valence-electron chi connectivity index (χ1n) is 4.70. The van der Waals surface area contributed by atoms with Crippen molar-refractivity contribution in [2.75, 3.05) is 40.4 Å². The first kappa shape index (κ1) is 13.6. The molecule has 0 aliphatic carbocycles. The van der Waals surface area contributed by atoms with Crippen LogP contribution in [0.25, 0.3) is 0 Å². The van der Waals surface area contributed by atoms with E-state index in [1.807, 2.05) is 0 Å². The van der Waals surface area contributed by atoms with Crippen LogP contribution in [-0.2, 0) is 0 Å². The topological polar surface area (TPSA) is 15.6 Å². The number of hydrogen-bond acceptors (Lipinski definition) is 1. The van der Waals surface area contributed by atoms with Gasteiger partial charge in [-0.2, -0.15) is 0 Å². The molecule has 0 aliphatic rings. The highest BCUT2D eigenvalue weighted by Gasteiger charge is 2.24. The Hall–Kier alpha value is 0.620. The fourth-order valence-electron chi connectivity index (χ4n) is 1.28. The molecule has 0 spiro atoms. The number of nitrogens with zero attached hydrogens (tertiary/aromatic N) is 2. The molecule has 2 nitrogen and oxygen atoms in total. The van der Waals surface area contributed by atoms with Gasteiger partial charge in [0.25, 0.3) is 0 Å². The molecule has 0 heterocycles. The van der Waals surface area contributed by atoms with Gasteiger partial charge < -0.3 is 0 Å². The molecule has 0 aromatic carbocycles. The third-order valence-electron chi connectivity index (χ3n) is 2.01. The van der Waals surface area contributed by atoms with Crippen molar-refractivity contribution in [2.24, 2.45) is 4.52 Å². The van der Waals surface area contributed by atoms with Gasteiger partial charge >= 0.3 is 0 Å². The average molecular weight is 223 g/mol. The fourth-order valence-corrected chi connectivity index (χ4v) is 8.17. The first-order valence-corrected chi connectivity index (χ1v) is 10.4. The molecule has 0 bridgehead atoms. The molecule has 13 heavy (non-hydrogen) atoms. The smallest absolute Gasteiger partial charge is 0.123 e. The highest BCUT2D eigenvalue weighted by molar-refractivity contribution is 7.79. The van der Waals surface area contributed by atoms with Crippen molar-refractivity contribution in [1.29, 1.82) is 0 Å². The Morgan fingerprint density at radius 3 is 1.77 bits per heavy atom. The molecule has 0 aliphatic heterocycles. The Bertz CT molecular complexity index is 210. The molecular formula is C9H25N2P2+. The van der Waals surface area contributed by atoms with E-state index >= 15 is 0 Å². The average Bonchev–Trinajstić information content (AvgIpc) is 1.80. The Morgan fingerprint density at radius 2 is 1.54 bits per heavy atom. The summed E-state index contributed by atoms with van der Waals surface area (Å²) in [4.78, 5) is 0. The third kappa shape index (κ3) is 5.15. The molecule has 0 saturated heterocycles. The summed E-state index contributed by atoms with van der Waals surface area (Å²) in [6.07, 6.45) is 0. The number of rotatable bonds is 3. The summed E-state index contributed by atoms with van der Waals surface area (Å²) in [5, 5.41) is 0. The largest absolute Gasteiger partial charge is 0.267 e. The van der Waals surface area contributed by atoms with Gasteiger partial charge in [0.05, 0.1) is 27.2 Å². The van der Waals surface area contributed by atoms with Crippen molar-refractivity contribution in [3.05, 3.63) is 0 Å². The van der Waals surface area contributed by atoms with Crippen LogP contribution in [-0.4, -0.2) is 51.1 Å². The van der Waals surface area contributed by atoms with Crippen molar-refractivity contribution in [2.45, 2.75) is 19.9 Å². The van der Waals surface area contributed by atoms with Crippen LogP contribution < -0.4 is 0 Å². The van der Waals surface area contributed by atoms with Crippen LogP contribution in [0.15, 0.2) is 4.52 Å². The zero-order valence-corrected chi connectivity index (χ0v) is 12.2. The second kappa shape index (κ2) is 4.43. The maximum Gasteiger partial charge on any atom is 0.123 e. The Kier molecular flexibility index (Phi) is 4.64. The van der Waals surface area contributed by atoms with Crippen molar-refractivity contribution in [3.63, 3.8) is 0 Å². The summed E-state index contributed by atoms with van der Waals surface area (Å²) in [5.41, 5.74) is 0. The summed E-state index contributed by atoms with van der Waals surface area (Å²) in [6, 6.07) is 0.596. The molecule has 0 rings (SSSR count). The van der Waals surface area contributed by atoms with E-state index in [9.17, 15) is 0 Å². The minimum Gasteiger partial charge on any atom is -0.267 e. The van der Waals surface area contributed by atoms with E-state index in [0.29, 0.717) is 6.04 Å². The molecule has 4 heteroatoms. The van der Waals surface area contributed by atoms with Gasteiger partial charge in [0, 0.05) is 6.04 Å². The lowest BCUT2D eigenvalue weighted by Crippen LogP contribution is -2.22. The lowest BCUT2D eigenvalue weighted by Gasteiger charge is -2.30. The van der Waals surface area contributed by atoms with Crippen LogP contribution in [0.5, 0.6) is 0 Å². The Morgan fingerprint density at radius 1 is 1.15 bits per heavy atom. The molecule has 0 atom stereocenters. The van der Waals surface area contributed by atoms with Gasteiger partial charge in [0.2, 0.25) is 0 Å². The number of hydrogen-bond donors (Lipinski definition) is 0. The highest BCUT2D eigenvalue weighted by Crippen LogP contribution is 2.61. The zero-order chi connectivity index (χ0) is 10.9. The summed E-state index contributed by atoms with van der Waals surface area (Å²) < 4.78 is 7.44. The van der Waals surface area contributed by atoms with E-state index in [2.05, 4.69) is 58.9 Å². The summed E-state index contributed by atoms with van der Waals surface area (Å²) in [6.45, 7) is 15.9. The molecule has 0 radical (unpaired) electrons. The lowest BCUT2D eigenvalue weighted by molar-refractivity contribution is 0.452. The van der Waals surface area contributed by atoms with Gasteiger partial charge in [0.1, 0.15) is 7.41 Å². The van der Waals surface area contributed by atoms with Gasteiger partial charge in [-0.05, 0) is 34.2 Å². The predicted molar refractivity (Wildman–Crippen MR) is 68.8 cm³/mol. The zero-order valence-electron chi connectivity index (χ0n) is 10.4. The second-order valence-corrected chi connectivity index (χ2v) is 12.9. The standard InChI is InChI=1S/C9H25N2P2/c1-9(2)11(3)13(7,8)10-12(4,5)6/h9H,1-8H3/q+1. The minimum absolute atomic E-state index is 0.596. The van der Waals surface area contributed by atoms with E-state index in [1.54, 1.807) is 0 Å². The van der Waals surface area contributed by atoms with E-state index < -0.39 is 14.6 Å². The Labute approximate surface area is 84.6 Å². The van der Waals surface area contributed by atoms with Crippen LogP contribution in [0.1, 0.15) is 13.8 Å². The molecule has 0 fully saturated rings. The van der Waals surface area contributed by atoms with Crippen molar-refractivity contribution in [3.8, 4) is 0 Å². The lowest BCUT2D eigenvalue weighted by atomic mass is 10.4. The Balaban J connectivity index is 4.85. The second-order valence-electron chi connectivity index (χ2n) is 5.04. The predicted octanol–water partition coefficient (Wildman–Crippen LogP) is 3.52. The maximum absolute atomic E-state index is 5.01. The van der Waals surface area contributed by atoms with Crippen LogP contribution in [0, 0.1) is 0 Å². The molecular weight excluding hydrogens is 198 g/mol. The SMILES string of the molecule is CC(C)N(C)P(C)(C)=N[P+](C)(C)C. The molecule has 0 aromatic heterocycles. The van der Waals surface area contributed by atoms with E-state index in [1.165, 1.54) is 0 Å². The van der Waals surface area contributed by atoms with Gasteiger partial charge in [-0.15, -0.1) is 4.52 Å². The molecule has 0 unspecified atom stereocenters. The first-order chi connectivity index (χ1) is 5.56. The highest BCUT2D eigenvalue weighted by atomic mass is 31.2. The maximum atomic E-state index is 5.01. The van der Waals surface area contributed by atoms with Crippen LogP contribution >= 0.6 is 14.6 Å². The van der Waals surface area contributed by atoms with Crippen LogP contribution in [0.3, 0.4) is 0 Å². The van der Waals surface area contributed by atoms with Gasteiger partial charge in [0.15, 0.2) is 0 Å². The van der Waals surface area contributed by atoms with Crippen molar-refractivity contribution < 1.29 is 0 Å². The van der Waals surface area contributed by atoms with Gasteiger partial charge in [-0.3, -0.25) is 4.67 Å². The molecule has 0 amide bonds. The third-order valence-corrected chi connectivity index (χ3v) is 7.91. The quantitative estimate of drug-likeness (QED) is 0.668. The van der Waals surface area contributed by atoms with Crippen LogP contribution in [0.2, 0.25) is 0 Å². The fraction of sp³-hybridized carbons (Fsp3) is 1.00. The van der Waals surface area contributed by atoms with Crippen molar-refractivity contribution in [1.82, 2.24) is 4.67 Å². The molecule has 0 saturated carbocycles. The summed E-state index contributed by atoms with van der Waals surface area (Å²) in [7, 11) is -0.00954. The summed E-state index contributed by atoms with van der Waals surface area (Å²) >= 11 is 0.